The number of fused-ring (bicyclic) bond motifs is 1. The third kappa shape index (κ3) is 4.70. The lowest BCUT2D eigenvalue weighted by molar-refractivity contribution is -0.137. The van der Waals surface area contributed by atoms with Crippen molar-refractivity contribution >= 4 is 34.7 Å². The average Bonchev–Trinajstić information content (AvgIpc) is 3.06. The van der Waals surface area contributed by atoms with E-state index in [0.29, 0.717) is 24.3 Å². The molecule has 0 saturated carbocycles. The van der Waals surface area contributed by atoms with Crippen LogP contribution in [0.1, 0.15) is 38.8 Å². The maximum Gasteiger partial charge on any atom is 0.417 e. The lowest BCUT2D eigenvalue weighted by atomic mass is 9.86. The first kappa shape index (κ1) is 26.4. The highest BCUT2D eigenvalue weighted by molar-refractivity contribution is 6.34. The van der Waals surface area contributed by atoms with Gasteiger partial charge in [0.05, 0.1) is 34.8 Å². The van der Waals surface area contributed by atoms with Crippen LogP contribution >= 0.6 is 11.6 Å². The van der Waals surface area contributed by atoms with Crippen molar-refractivity contribution < 1.29 is 22.7 Å². The summed E-state index contributed by atoms with van der Waals surface area (Å²) in [5.41, 5.74) is 1.06. The van der Waals surface area contributed by atoms with Gasteiger partial charge in [-0.2, -0.15) is 13.2 Å². The van der Waals surface area contributed by atoms with Crippen LogP contribution in [0.4, 0.5) is 35.0 Å². The van der Waals surface area contributed by atoms with Gasteiger partial charge < -0.3 is 15.0 Å². The van der Waals surface area contributed by atoms with Crippen molar-refractivity contribution in [1.29, 1.82) is 0 Å². The van der Waals surface area contributed by atoms with Gasteiger partial charge in [0.2, 0.25) is 0 Å². The fraction of sp³-hybridized carbons (Fsp3) is 0.500. The molecule has 0 aliphatic carbocycles. The van der Waals surface area contributed by atoms with Gasteiger partial charge in [-0.25, -0.2) is 4.79 Å². The standard InChI is InChI=1S/C26H32ClF3N4O2/c1-15-12-33(13-16(2)32(15)5)21-11-20-18(10-22(21)36-6)25(3,4)14-34(20)24(35)31-19-9-7-8-17(23(19)27)26(28,29)30/h7-11,15-16H,12-14H2,1-6H3,(H,31,35). The Kier molecular flexibility index (Phi) is 6.85. The van der Waals surface area contributed by atoms with Crippen LogP contribution in [0.2, 0.25) is 5.02 Å². The summed E-state index contributed by atoms with van der Waals surface area (Å²) in [6.07, 6.45) is -4.62. The molecule has 0 spiro atoms. The summed E-state index contributed by atoms with van der Waals surface area (Å²) >= 11 is 6.03. The fourth-order valence-corrected chi connectivity index (χ4v) is 5.39. The van der Waals surface area contributed by atoms with Gasteiger partial charge >= 0.3 is 12.2 Å². The molecule has 2 unspecified atom stereocenters. The zero-order valence-electron chi connectivity index (χ0n) is 21.3. The second-order valence-electron chi connectivity index (χ2n) is 10.4. The topological polar surface area (TPSA) is 48.1 Å². The summed E-state index contributed by atoms with van der Waals surface area (Å²) in [6, 6.07) is 7.53. The molecular weight excluding hydrogens is 493 g/mol. The van der Waals surface area contributed by atoms with Crippen molar-refractivity contribution in [3.63, 3.8) is 0 Å². The van der Waals surface area contributed by atoms with Crippen LogP contribution in [0.15, 0.2) is 30.3 Å². The molecule has 2 aliphatic rings. The Labute approximate surface area is 214 Å². The number of amides is 2. The van der Waals surface area contributed by atoms with Crippen molar-refractivity contribution in [3.05, 3.63) is 46.5 Å². The number of nitrogens with zero attached hydrogens (tertiary/aromatic N) is 3. The highest BCUT2D eigenvalue weighted by Crippen LogP contribution is 2.47. The van der Waals surface area contributed by atoms with Crippen LogP contribution in [0.25, 0.3) is 0 Å². The van der Waals surface area contributed by atoms with E-state index in [9.17, 15) is 18.0 Å². The number of anilines is 3. The molecule has 6 nitrogen and oxygen atoms in total. The van der Waals surface area contributed by atoms with Crippen LogP contribution in [0.5, 0.6) is 5.75 Å². The summed E-state index contributed by atoms with van der Waals surface area (Å²) in [7, 11) is 3.75. The van der Waals surface area contributed by atoms with E-state index in [2.05, 4.69) is 36.0 Å². The lowest BCUT2D eigenvalue weighted by Crippen LogP contribution is -2.55. The Bertz CT molecular complexity index is 1160. The number of hydrogen-bond acceptors (Lipinski definition) is 4. The lowest BCUT2D eigenvalue weighted by Gasteiger charge is -2.44. The van der Waals surface area contributed by atoms with Crippen molar-refractivity contribution in [1.82, 2.24) is 4.90 Å². The van der Waals surface area contributed by atoms with Crippen molar-refractivity contribution in [2.75, 3.05) is 48.9 Å². The summed E-state index contributed by atoms with van der Waals surface area (Å²) in [5.74, 6) is 0.731. The average molecular weight is 525 g/mol. The molecule has 2 atom stereocenters. The molecule has 0 aromatic heterocycles. The van der Waals surface area contributed by atoms with Gasteiger partial charge in [0.1, 0.15) is 5.75 Å². The number of nitrogens with one attached hydrogen (secondary N) is 1. The minimum atomic E-state index is -4.62. The number of methoxy groups -OCH3 is 1. The second-order valence-corrected chi connectivity index (χ2v) is 10.8. The Morgan fingerprint density at radius 2 is 1.78 bits per heavy atom. The molecule has 0 bridgehead atoms. The molecule has 2 aromatic carbocycles. The molecule has 10 heteroatoms. The number of piperazine rings is 1. The minimum Gasteiger partial charge on any atom is -0.495 e. The van der Waals surface area contributed by atoms with Crippen LogP contribution in [-0.4, -0.2) is 56.8 Å². The van der Waals surface area contributed by atoms with Gasteiger partial charge in [0, 0.05) is 37.1 Å². The van der Waals surface area contributed by atoms with E-state index in [1.807, 2.05) is 26.0 Å². The highest BCUT2D eigenvalue weighted by Gasteiger charge is 2.41. The predicted octanol–water partition coefficient (Wildman–Crippen LogP) is 6.23. The number of likely N-dealkylation sites (N-methyl/N-ethyl adjacent to an activating group) is 1. The first-order valence-corrected chi connectivity index (χ1v) is 12.3. The van der Waals surface area contributed by atoms with Gasteiger partial charge in [-0.15, -0.1) is 0 Å². The van der Waals surface area contributed by atoms with E-state index >= 15 is 0 Å². The number of ether oxygens (including phenoxy) is 1. The second kappa shape index (κ2) is 9.34. The van der Waals surface area contributed by atoms with E-state index < -0.39 is 28.2 Å². The number of benzene rings is 2. The van der Waals surface area contributed by atoms with Gasteiger partial charge in [-0.3, -0.25) is 9.80 Å². The molecule has 2 aromatic rings. The predicted molar refractivity (Wildman–Crippen MR) is 138 cm³/mol. The SMILES string of the molecule is COc1cc2c(cc1N1CC(C)N(C)C(C)C1)N(C(=O)Nc1cccc(C(F)(F)F)c1Cl)CC2(C)C. The number of halogens is 4. The van der Waals surface area contributed by atoms with E-state index in [1.165, 1.54) is 12.1 Å². The third-order valence-electron chi connectivity index (χ3n) is 7.36. The first-order valence-electron chi connectivity index (χ1n) is 11.9. The molecule has 2 aliphatic heterocycles. The highest BCUT2D eigenvalue weighted by atomic mass is 35.5. The number of carbonyl (C=O) groups is 1. The quantitative estimate of drug-likeness (QED) is 0.517. The summed E-state index contributed by atoms with van der Waals surface area (Å²) in [5, 5.41) is 2.06. The van der Waals surface area contributed by atoms with Gasteiger partial charge in [0.25, 0.3) is 0 Å². The first-order chi connectivity index (χ1) is 16.7. The molecule has 2 heterocycles. The molecule has 36 heavy (non-hydrogen) atoms. The Morgan fingerprint density at radius 1 is 1.14 bits per heavy atom. The molecule has 196 valence electrons. The fourth-order valence-electron chi connectivity index (χ4n) is 5.11. The minimum absolute atomic E-state index is 0.0850. The van der Waals surface area contributed by atoms with Crippen LogP contribution in [-0.2, 0) is 11.6 Å². The molecule has 4 rings (SSSR count). The largest absolute Gasteiger partial charge is 0.495 e. The molecule has 1 saturated heterocycles. The molecule has 2 amide bonds. The summed E-state index contributed by atoms with van der Waals surface area (Å²) in [4.78, 5) is 19.6. The summed E-state index contributed by atoms with van der Waals surface area (Å²) in [6.45, 7) is 10.3. The van der Waals surface area contributed by atoms with Crippen LogP contribution in [0, 0.1) is 0 Å². The number of rotatable bonds is 3. The smallest absolute Gasteiger partial charge is 0.417 e. The molecular formula is C26H32ClF3N4O2. The number of carbonyl (C=O) groups excluding carboxylic acids is 1. The van der Waals surface area contributed by atoms with Crippen LogP contribution in [0.3, 0.4) is 0 Å². The van der Waals surface area contributed by atoms with Crippen LogP contribution < -0.4 is 19.9 Å². The Balaban J connectivity index is 1.70. The summed E-state index contributed by atoms with van der Waals surface area (Å²) < 4.78 is 45.7. The maximum atomic E-state index is 13.4. The van der Waals surface area contributed by atoms with Gasteiger partial charge in [-0.1, -0.05) is 31.5 Å². The van der Waals surface area contributed by atoms with Crippen molar-refractivity contribution in [2.45, 2.75) is 51.4 Å². The zero-order valence-corrected chi connectivity index (χ0v) is 22.1. The Morgan fingerprint density at radius 3 is 2.36 bits per heavy atom. The number of hydrogen-bond donors (Lipinski definition) is 1. The Hall–Kier alpha value is -2.65. The third-order valence-corrected chi connectivity index (χ3v) is 7.77. The van der Waals surface area contributed by atoms with Gasteiger partial charge in [0.15, 0.2) is 0 Å². The number of alkyl halides is 3. The molecule has 1 N–H and O–H groups in total. The number of urea groups is 1. The molecule has 1 fully saturated rings. The van der Waals surface area contributed by atoms with Crippen molar-refractivity contribution in [2.24, 2.45) is 0 Å². The van der Waals surface area contributed by atoms with E-state index in [0.717, 1.165) is 36.2 Å². The van der Waals surface area contributed by atoms with Gasteiger partial charge in [-0.05, 0) is 50.7 Å². The normalized spacial score (nSPS) is 21.9. The maximum absolute atomic E-state index is 13.4. The van der Waals surface area contributed by atoms with Crippen molar-refractivity contribution in [3.8, 4) is 5.75 Å². The molecule has 0 radical (unpaired) electrons. The zero-order chi connectivity index (χ0) is 26.6. The monoisotopic (exact) mass is 524 g/mol. The van der Waals surface area contributed by atoms with E-state index in [-0.39, 0.29) is 5.69 Å². The van der Waals surface area contributed by atoms with E-state index in [1.54, 1.807) is 12.0 Å². The van der Waals surface area contributed by atoms with E-state index in [4.69, 9.17) is 16.3 Å².